The maximum absolute atomic E-state index is 12.7. The molecule has 0 bridgehead atoms. The predicted octanol–water partition coefficient (Wildman–Crippen LogP) is 5.19. The van der Waals surface area contributed by atoms with Crippen molar-refractivity contribution in [1.29, 1.82) is 0 Å². The molecule has 0 spiro atoms. The van der Waals surface area contributed by atoms with Crippen molar-refractivity contribution in [2.24, 2.45) is 11.3 Å². The maximum Gasteiger partial charge on any atom is 0.229 e. The van der Waals surface area contributed by atoms with Gasteiger partial charge in [-0.25, -0.2) is 4.98 Å². The molecular formula is C24H27N3O2S. The van der Waals surface area contributed by atoms with Crippen molar-refractivity contribution in [2.45, 2.75) is 33.6 Å². The zero-order chi connectivity index (χ0) is 21.3. The molecule has 3 aromatic rings. The van der Waals surface area contributed by atoms with Gasteiger partial charge in [0.1, 0.15) is 0 Å². The molecule has 0 radical (unpaired) electrons. The van der Waals surface area contributed by atoms with Gasteiger partial charge in [-0.2, -0.15) is 0 Å². The molecule has 2 heterocycles. The second-order valence-corrected chi connectivity index (χ2v) is 9.76. The largest absolute Gasteiger partial charge is 0.342 e. The summed E-state index contributed by atoms with van der Waals surface area (Å²) < 4.78 is 0. The highest BCUT2D eigenvalue weighted by Crippen LogP contribution is 2.29. The molecule has 0 unspecified atom stereocenters. The minimum absolute atomic E-state index is 0.00253. The molecule has 30 heavy (non-hydrogen) atoms. The van der Waals surface area contributed by atoms with Gasteiger partial charge in [0, 0.05) is 35.4 Å². The van der Waals surface area contributed by atoms with Crippen molar-refractivity contribution >= 4 is 39.1 Å². The molecule has 0 atom stereocenters. The van der Waals surface area contributed by atoms with E-state index in [9.17, 15) is 9.59 Å². The number of amides is 2. The first-order valence-electron chi connectivity index (χ1n) is 10.4. The summed E-state index contributed by atoms with van der Waals surface area (Å²) in [4.78, 5) is 31.6. The molecule has 4 rings (SSSR count). The quantitative estimate of drug-likeness (QED) is 0.633. The van der Waals surface area contributed by atoms with Gasteiger partial charge < -0.3 is 10.2 Å². The maximum atomic E-state index is 12.7. The number of carbonyl (C=O) groups excluding carboxylic acids is 2. The van der Waals surface area contributed by atoms with Gasteiger partial charge in [0.25, 0.3) is 0 Å². The second kappa shape index (κ2) is 8.19. The zero-order valence-corrected chi connectivity index (χ0v) is 18.5. The van der Waals surface area contributed by atoms with Crippen LogP contribution in [-0.4, -0.2) is 34.8 Å². The first-order valence-corrected chi connectivity index (χ1v) is 11.2. The smallest absolute Gasteiger partial charge is 0.229 e. The minimum atomic E-state index is -0.380. The van der Waals surface area contributed by atoms with Crippen LogP contribution in [0.2, 0.25) is 0 Å². The Morgan fingerprint density at radius 2 is 1.77 bits per heavy atom. The number of nitrogens with zero attached hydrogens (tertiary/aromatic N) is 2. The molecular weight excluding hydrogens is 394 g/mol. The summed E-state index contributed by atoms with van der Waals surface area (Å²) in [5.41, 5.74) is 1.53. The van der Waals surface area contributed by atoms with E-state index in [1.54, 1.807) is 0 Å². The van der Waals surface area contributed by atoms with Crippen molar-refractivity contribution < 1.29 is 9.59 Å². The van der Waals surface area contributed by atoms with Crippen LogP contribution in [0.15, 0.2) is 47.8 Å². The Balaban J connectivity index is 1.38. The second-order valence-electron chi connectivity index (χ2n) is 8.91. The van der Waals surface area contributed by atoms with Crippen molar-refractivity contribution in [3.63, 3.8) is 0 Å². The van der Waals surface area contributed by atoms with Crippen LogP contribution in [-0.2, 0) is 9.59 Å². The third kappa shape index (κ3) is 4.38. The molecule has 0 saturated carbocycles. The van der Waals surface area contributed by atoms with Gasteiger partial charge in [-0.1, -0.05) is 57.2 Å². The molecule has 1 aliphatic heterocycles. The lowest BCUT2D eigenvalue weighted by atomic mass is 9.91. The summed E-state index contributed by atoms with van der Waals surface area (Å²) in [6.07, 6.45) is 1.38. The molecule has 0 aliphatic carbocycles. The third-order valence-electron chi connectivity index (χ3n) is 5.57. The predicted molar refractivity (Wildman–Crippen MR) is 122 cm³/mol. The van der Waals surface area contributed by atoms with E-state index in [2.05, 4.69) is 40.6 Å². The van der Waals surface area contributed by atoms with Crippen LogP contribution >= 0.6 is 11.3 Å². The van der Waals surface area contributed by atoms with E-state index < -0.39 is 0 Å². The number of benzene rings is 2. The van der Waals surface area contributed by atoms with Gasteiger partial charge in [-0.15, -0.1) is 11.3 Å². The molecule has 1 aromatic heterocycles. The van der Waals surface area contributed by atoms with E-state index in [4.69, 9.17) is 0 Å². The van der Waals surface area contributed by atoms with Crippen LogP contribution in [0.3, 0.4) is 0 Å². The van der Waals surface area contributed by atoms with E-state index in [0.29, 0.717) is 31.1 Å². The van der Waals surface area contributed by atoms with Crippen molar-refractivity contribution in [3.05, 3.63) is 47.8 Å². The van der Waals surface area contributed by atoms with Crippen molar-refractivity contribution in [2.75, 3.05) is 18.4 Å². The average Bonchev–Trinajstić information content (AvgIpc) is 3.20. The lowest BCUT2D eigenvalue weighted by Crippen LogP contribution is -2.45. The van der Waals surface area contributed by atoms with Crippen molar-refractivity contribution in [1.82, 2.24) is 9.88 Å². The fraction of sp³-hybridized carbons (Fsp3) is 0.375. The van der Waals surface area contributed by atoms with Gasteiger partial charge in [0.2, 0.25) is 11.8 Å². The fourth-order valence-electron chi connectivity index (χ4n) is 3.84. The molecule has 2 amide bonds. The molecule has 1 saturated heterocycles. The standard InChI is InChI=1S/C24H27N3O2S/c1-24(2,3)22(29)27-12-10-17(11-13-27)21(28)26-23-25-20(15-30-23)19-9-8-16-6-4-5-7-18(16)14-19/h4-9,14-15,17H,10-13H2,1-3H3,(H,25,26,28). The van der Waals surface area contributed by atoms with Crippen molar-refractivity contribution in [3.8, 4) is 11.3 Å². The number of fused-ring (bicyclic) bond motifs is 1. The molecule has 5 nitrogen and oxygen atoms in total. The highest BCUT2D eigenvalue weighted by Gasteiger charge is 2.32. The molecule has 2 aromatic carbocycles. The molecule has 1 fully saturated rings. The molecule has 1 N–H and O–H groups in total. The molecule has 1 aliphatic rings. The van der Waals surface area contributed by atoms with Crippen LogP contribution in [0.1, 0.15) is 33.6 Å². The highest BCUT2D eigenvalue weighted by atomic mass is 32.1. The Labute approximate surface area is 181 Å². The molecule has 6 heteroatoms. The summed E-state index contributed by atoms with van der Waals surface area (Å²) >= 11 is 1.44. The third-order valence-corrected chi connectivity index (χ3v) is 6.33. The van der Waals surface area contributed by atoms with Crippen LogP contribution < -0.4 is 5.32 Å². The van der Waals surface area contributed by atoms with Gasteiger partial charge in [0.05, 0.1) is 5.69 Å². The summed E-state index contributed by atoms with van der Waals surface area (Å²) in [7, 11) is 0. The minimum Gasteiger partial charge on any atom is -0.342 e. The normalized spacial score (nSPS) is 15.4. The Morgan fingerprint density at radius 3 is 2.47 bits per heavy atom. The van der Waals surface area contributed by atoms with Crippen LogP contribution in [0.5, 0.6) is 0 Å². The number of aromatic nitrogens is 1. The number of rotatable bonds is 3. The zero-order valence-electron chi connectivity index (χ0n) is 17.6. The Morgan fingerprint density at radius 1 is 1.07 bits per heavy atom. The number of nitrogens with one attached hydrogen (secondary N) is 1. The van der Waals surface area contributed by atoms with Crippen LogP contribution in [0, 0.1) is 11.3 Å². The first kappa shape index (κ1) is 20.5. The number of thiazole rings is 1. The number of anilines is 1. The topological polar surface area (TPSA) is 62.3 Å². The monoisotopic (exact) mass is 421 g/mol. The van der Waals surface area contributed by atoms with Gasteiger partial charge >= 0.3 is 0 Å². The summed E-state index contributed by atoms with van der Waals surface area (Å²) in [6.45, 7) is 7.07. The summed E-state index contributed by atoms with van der Waals surface area (Å²) in [5, 5.41) is 7.94. The average molecular weight is 422 g/mol. The number of carbonyl (C=O) groups is 2. The summed E-state index contributed by atoms with van der Waals surface area (Å²) in [6, 6.07) is 14.5. The Hall–Kier alpha value is -2.73. The summed E-state index contributed by atoms with van der Waals surface area (Å²) in [5.74, 6) is 0.0700. The molecule has 156 valence electrons. The van der Waals surface area contributed by atoms with E-state index in [0.717, 1.165) is 11.3 Å². The lowest BCUT2D eigenvalue weighted by Gasteiger charge is -2.35. The fourth-order valence-corrected chi connectivity index (χ4v) is 4.56. The highest BCUT2D eigenvalue weighted by molar-refractivity contribution is 7.14. The van der Waals surface area contributed by atoms with E-state index in [1.807, 2.05) is 43.2 Å². The lowest BCUT2D eigenvalue weighted by molar-refractivity contribution is -0.142. The van der Waals surface area contributed by atoms with E-state index in [1.165, 1.54) is 22.1 Å². The van der Waals surface area contributed by atoms with Gasteiger partial charge in [0.15, 0.2) is 5.13 Å². The number of piperidine rings is 1. The first-order chi connectivity index (χ1) is 14.3. The van der Waals surface area contributed by atoms with E-state index >= 15 is 0 Å². The van der Waals surface area contributed by atoms with Gasteiger partial charge in [-0.05, 0) is 29.7 Å². The SMILES string of the molecule is CC(C)(C)C(=O)N1CCC(C(=O)Nc2nc(-c3ccc4ccccc4c3)cs2)CC1. The van der Waals surface area contributed by atoms with Crippen LogP contribution in [0.4, 0.5) is 5.13 Å². The Kier molecular flexibility index (Phi) is 5.60. The van der Waals surface area contributed by atoms with Gasteiger partial charge in [-0.3, -0.25) is 9.59 Å². The number of hydrogen-bond donors (Lipinski definition) is 1. The number of likely N-dealkylation sites (tertiary alicyclic amines) is 1. The van der Waals surface area contributed by atoms with E-state index in [-0.39, 0.29) is 23.1 Å². The van der Waals surface area contributed by atoms with Crippen LogP contribution in [0.25, 0.3) is 22.0 Å². The number of hydrogen-bond acceptors (Lipinski definition) is 4. The Bertz CT molecular complexity index is 1080.